The molecular formula is C17H13F2N3O2. The van der Waals surface area contributed by atoms with E-state index in [9.17, 15) is 13.6 Å². The van der Waals surface area contributed by atoms with Gasteiger partial charge in [-0.05, 0) is 30.3 Å². The van der Waals surface area contributed by atoms with Crippen LogP contribution in [0.2, 0.25) is 0 Å². The van der Waals surface area contributed by atoms with Crippen molar-refractivity contribution in [1.29, 1.82) is 0 Å². The zero-order chi connectivity index (χ0) is 16.9. The minimum Gasteiger partial charge on any atom is -0.339 e. The standard InChI is InChI=1S/C17H13F2N3O2/c18-11-4-3-5-12(10-11)20-15(23)8-9-16-21-17(22-24-16)13-6-1-2-7-14(13)19/h1-7,10H,8-9H2,(H,20,23). The molecule has 0 unspecified atom stereocenters. The number of nitrogens with zero attached hydrogens (tertiary/aromatic N) is 2. The van der Waals surface area contributed by atoms with Crippen molar-refractivity contribution in [1.82, 2.24) is 10.1 Å². The highest BCUT2D eigenvalue weighted by atomic mass is 19.1. The summed E-state index contributed by atoms with van der Waals surface area (Å²) < 4.78 is 31.7. The Kier molecular flexibility index (Phi) is 4.60. The summed E-state index contributed by atoms with van der Waals surface area (Å²) in [6, 6.07) is 11.7. The Hall–Kier alpha value is -3.09. The molecule has 0 spiro atoms. The fourth-order valence-electron chi connectivity index (χ4n) is 2.12. The van der Waals surface area contributed by atoms with E-state index in [1.54, 1.807) is 24.3 Å². The molecule has 0 aliphatic rings. The lowest BCUT2D eigenvalue weighted by Crippen LogP contribution is -2.12. The number of benzene rings is 2. The molecule has 0 aliphatic heterocycles. The van der Waals surface area contributed by atoms with Crippen molar-refractivity contribution in [3.05, 3.63) is 66.1 Å². The quantitative estimate of drug-likeness (QED) is 0.777. The minimum absolute atomic E-state index is 0.0788. The Morgan fingerprint density at radius 2 is 1.96 bits per heavy atom. The second kappa shape index (κ2) is 6.99. The third kappa shape index (κ3) is 3.81. The number of carbonyl (C=O) groups is 1. The lowest BCUT2D eigenvalue weighted by molar-refractivity contribution is -0.116. The van der Waals surface area contributed by atoms with Gasteiger partial charge in [0.1, 0.15) is 11.6 Å². The van der Waals surface area contributed by atoms with Gasteiger partial charge in [-0.15, -0.1) is 0 Å². The Labute approximate surface area is 136 Å². The average Bonchev–Trinajstić information content (AvgIpc) is 3.02. The van der Waals surface area contributed by atoms with Gasteiger partial charge in [0.2, 0.25) is 17.6 Å². The fraction of sp³-hybridized carbons (Fsp3) is 0.118. The van der Waals surface area contributed by atoms with Crippen molar-refractivity contribution < 1.29 is 18.1 Å². The molecule has 7 heteroatoms. The number of nitrogens with one attached hydrogen (secondary N) is 1. The van der Waals surface area contributed by atoms with Crippen LogP contribution in [0.1, 0.15) is 12.3 Å². The number of hydrogen-bond donors (Lipinski definition) is 1. The first-order valence-electron chi connectivity index (χ1n) is 7.25. The van der Waals surface area contributed by atoms with Gasteiger partial charge in [-0.25, -0.2) is 8.78 Å². The Morgan fingerprint density at radius 1 is 1.12 bits per heavy atom. The Morgan fingerprint density at radius 3 is 2.75 bits per heavy atom. The van der Waals surface area contributed by atoms with Crippen LogP contribution in [0.3, 0.4) is 0 Å². The summed E-state index contributed by atoms with van der Waals surface area (Å²) in [6.45, 7) is 0. The summed E-state index contributed by atoms with van der Waals surface area (Å²) in [4.78, 5) is 15.9. The molecule has 0 fully saturated rings. The van der Waals surface area contributed by atoms with Crippen molar-refractivity contribution >= 4 is 11.6 Å². The average molecular weight is 329 g/mol. The molecule has 1 amide bonds. The molecule has 0 atom stereocenters. The zero-order valence-corrected chi connectivity index (χ0v) is 12.5. The van der Waals surface area contributed by atoms with Crippen molar-refractivity contribution in [2.45, 2.75) is 12.8 Å². The molecule has 122 valence electrons. The third-order valence-electron chi connectivity index (χ3n) is 3.26. The van der Waals surface area contributed by atoms with E-state index in [1.807, 2.05) is 0 Å². The molecule has 1 N–H and O–H groups in total. The lowest BCUT2D eigenvalue weighted by Gasteiger charge is -2.03. The van der Waals surface area contributed by atoms with Crippen LogP contribution >= 0.6 is 0 Å². The highest BCUT2D eigenvalue weighted by Crippen LogP contribution is 2.19. The molecule has 1 aromatic heterocycles. The van der Waals surface area contributed by atoms with Gasteiger partial charge < -0.3 is 9.84 Å². The SMILES string of the molecule is O=C(CCc1nc(-c2ccccc2F)no1)Nc1cccc(F)c1. The molecule has 0 saturated heterocycles. The van der Waals surface area contributed by atoms with Gasteiger partial charge in [-0.2, -0.15) is 4.98 Å². The van der Waals surface area contributed by atoms with Crippen molar-refractivity contribution in [3.63, 3.8) is 0 Å². The van der Waals surface area contributed by atoms with Gasteiger partial charge in [0.05, 0.1) is 5.56 Å². The van der Waals surface area contributed by atoms with Crippen molar-refractivity contribution in [2.24, 2.45) is 0 Å². The van der Waals surface area contributed by atoms with Crippen LogP contribution < -0.4 is 5.32 Å². The van der Waals surface area contributed by atoms with E-state index in [1.165, 1.54) is 24.3 Å². The van der Waals surface area contributed by atoms with Crippen LogP contribution in [-0.2, 0) is 11.2 Å². The van der Waals surface area contributed by atoms with E-state index in [2.05, 4.69) is 15.5 Å². The van der Waals surface area contributed by atoms with Crippen LogP contribution in [0.25, 0.3) is 11.4 Å². The topological polar surface area (TPSA) is 68.0 Å². The number of halogens is 2. The lowest BCUT2D eigenvalue weighted by atomic mass is 10.2. The molecule has 0 bridgehead atoms. The summed E-state index contributed by atoms with van der Waals surface area (Å²) >= 11 is 0. The maximum Gasteiger partial charge on any atom is 0.227 e. The maximum atomic E-state index is 13.7. The molecule has 0 radical (unpaired) electrons. The molecule has 2 aromatic carbocycles. The molecule has 5 nitrogen and oxygen atoms in total. The highest BCUT2D eigenvalue weighted by Gasteiger charge is 2.13. The van der Waals surface area contributed by atoms with Crippen molar-refractivity contribution in [2.75, 3.05) is 5.32 Å². The summed E-state index contributed by atoms with van der Waals surface area (Å²) in [5.41, 5.74) is 0.606. The van der Waals surface area contributed by atoms with Gasteiger partial charge in [0.15, 0.2) is 0 Å². The van der Waals surface area contributed by atoms with Crippen molar-refractivity contribution in [3.8, 4) is 11.4 Å². The Balaban J connectivity index is 1.59. The van der Waals surface area contributed by atoms with Crippen LogP contribution in [0.15, 0.2) is 53.1 Å². The monoisotopic (exact) mass is 329 g/mol. The first-order chi connectivity index (χ1) is 11.6. The molecule has 0 saturated carbocycles. The summed E-state index contributed by atoms with van der Waals surface area (Å²) in [7, 11) is 0. The summed E-state index contributed by atoms with van der Waals surface area (Å²) in [5.74, 6) is -0.838. The zero-order valence-electron chi connectivity index (χ0n) is 12.5. The fourth-order valence-corrected chi connectivity index (χ4v) is 2.12. The molecule has 3 rings (SSSR count). The van der Waals surface area contributed by atoms with E-state index in [0.29, 0.717) is 5.69 Å². The van der Waals surface area contributed by atoms with Gasteiger partial charge in [-0.3, -0.25) is 4.79 Å². The molecule has 0 aliphatic carbocycles. The van der Waals surface area contributed by atoms with Gasteiger partial charge in [-0.1, -0.05) is 23.4 Å². The van der Waals surface area contributed by atoms with Gasteiger partial charge in [0, 0.05) is 18.5 Å². The second-order valence-corrected chi connectivity index (χ2v) is 5.05. The van der Waals surface area contributed by atoms with E-state index < -0.39 is 11.6 Å². The first kappa shape index (κ1) is 15.8. The second-order valence-electron chi connectivity index (χ2n) is 5.05. The van der Waals surface area contributed by atoms with Crippen LogP contribution in [0.4, 0.5) is 14.5 Å². The number of aryl methyl sites for hydroxylation is 1. The molecule has 24 heavy (non-hydrogen) atoms. The number of anilines is 1. The normalized spacial score (nSPS) is 10.6. The predicted octanol–water partition coefficient (Wildman–Crippen LogP) is 3.59. The van der Waals surface area contributed by atoms with Gasteiger partial charge >= 0.3 is 0 Å². The minimum atomic E-state index is -0.450. The van der Waals surface area contributed by atoms with Crippen LogP contribution in [0.5, 0.6) is 0 Å². The van der Waals surface area contributed by atoms with E-state index in [-0.39, 0.29) is 36.0 Å². The van der Waals surface area contributed by atoms with E-state index in [4.69, 9.17) is 4.52 Å². The van der Waals surface area contributed by atoms with Crippen LogP contribution in [-0.4, -0.2) is 16.0 Å². The van der Waals surface area contributed by atoms with Crippen LogP contribution in [0, 0.1) is 11.6 Å². The smallest absolute Gasteiger partial charge is 0.227 e. The number of amides is 1. The predicted molar refractivity (Wildman–Crippen MR) is 83.0 cm³/mol. The van der Waals surface area contributed by atoms with E-state index >= 15 is 0 Å². The Bertz CT molecular complexity index is 864. The maximum absolute atomic E-state index is 13.7. The van der Waals surface area contributed by atoms with E-state index in [0.717, 1.165) is 0 Å². The number of carbonyl (C=O) groups excluding carboxylic acids is 1. The molecule has 1 heterocycles. The highest BCUT2D eigenvalue weighted by molar-refractivity contribution is 5.90. The number of rotatable bonds is 5. The van der Waals surface area contributed by atoms with Gasteiger partial charge in [0.25, 0.3) is 0 Å². The largest absolute Gasteiger partial charge is 0.339 e. The molecular weight excluding hydrogens is 316 g/mol. The third-order valence-corrected chi connectivity index (χ3v) is 3.26. The first-order valence-corrected chi connectivity index (χ1v) is 7.25. The molecule has 3 aromatic rings. The summed E-state index contributed by atoms with van der Waals surface area (Å²) in [5, 5.41) is 6.29. The number of hydrogen-bond acceptors (Lipinski definition) is 4. The number of aromatic nitrogens is 2. The summed E-state index contributed by atoms with van der Waals surface area (Å²) in [6.07, 6.45) is 0.276.